The van der Waals surface area contributed by atoms with Crippen LogP contribution in [0.3, 0.4) is 0 Å². The number of rotatable bonds is 49. The van der Waals surface area contributed by atoms with Crippen LogP contribution in [0.1, 0.15) is 271 Å². The van der Waals surface area contributed by atoms with Gasteiger partial charge in [0, 0.05) is 19.3 Å². The van der Waals surface area contributed by atoms with Crippen molar-refractivity contribution in [3.63, 3.8) is 0 Å². The molecule has 1 atom stereocenters. The zero-order chi connectivity index (χ0) is 46.5. The molecule has 0 heterocycles. The molecule has 0 bridgehead atoms. The van der Waals surface area contributed by atoms with Crippen LogP contribution in [0.2, 0.25) is 0 Å². The molecule has 0 rings (SSSR count). The molecule has 64 heavy (non-hydrogen) atoms. The van der Waals surface area contributed by atoms with Crippen molar-refractivity contribution >= 4 is 17.9 Å². The number of ether oxygens (including phenoxy) is 3. The van der Waals surface area contributed by atoms with Crippen molar-refractivity contribution in [3.8, 4) is 0 Å². The number of unbranched alkanes of at least 4 members (excludes halogenated alkanes) is 32. The number of esters is 3. The maximum Gasteiger partial charge on any atom is 0.306 e. The van der Waals surface area contributed by atoms with Crippen LogP contribution in [0.5, 0.6) is 0 Å². The fourth-order valence-corrected chi connectivity index (χ4v) is 7.83. The van der Waals surface area contributed by atoms with Crippen LogP contribution >= 0.6 is 0 Å². The minimum Gasteiger partial charge on any atom is -0.462 e. The summed E-state index contributed by atoms with van der Waals surface area (Å²) in [6.07, 6.45) is 65.1. The molecule has 370 valence electrons. The van der Waals surface area contributed by atoms with E-state index < -0.39 is 6.10 Å². The summed E-state index contributed by atoms with van der Waals surface area (Å²) in [5, 5.41) is 0. The van der Waals surface area contributed by atoms with Crippen molar-refractivity contribution in [2.24, 2.45) is 0 Å². The maximum atomic E-state index is 12.8. The maximum absolute atomic E-state index is 12.8. The van der Waals surface area contributed by atoms with Crippen LogP contribution in [0, 0.1) is 0 Å². The highest BCUT2D eigenvalue weighted by Gasteiger charge is 2.19. The van der Waals surface area contributed by atoms with Gasteiger partial charge in [-0.1, -0.05) is 281 Å². The first-order chi connectivity index (χ1) is 31.5. The Morgan fingerprint density at radius 2 is 0.609 bits per heavy atom. The lowest BCUT2D eigenvalue weighted by Gasteiger charge is -2.18. The van der Waals surface area contributed by atoms with Gasteiger partial charge in [-0.25, -0.2) is 0 Å². The standard InChI is InChI=1S/C58H102O6/c1-4-7-10-13-16-19-22-25-27-28-29-30-31-34-36-39-42-45-48-51-57(60)63-54-55(53-62-56(59)50-47-44-41-38-35-32-24-21-18-15-12-9-6-3)64-58(61)52-49-46-43-40-37-33-26-23-20-17-14-11-8-5-2/h9,12,15,18,21,24,32,35,38,41,55H,4-8,10-11,13-14,16-17,19-20,22-23,25-31,33-34,36-37,39-40,42-54H2,1-3H3/b12-9+,18-15+,24-21+,35-32+,41-38+. The molecule has 0 saturated carbocycles. The third-order valence-electron chi connectivity index (χ3n) is 11.9. The lowest BCUT2D eigenvalue weighted by molar-refractivity contribution is -0.167. The molecule has 0 aliphatic rings. The second kappa shape index (κ2) is 52.7. The summed E-state index contributed by atoms with van der Waals surface area (Å²) in [5.41, 5.74) is 0. The number of allylic oxidation sites excluding steroid dienone is 10. The van der Waals surface area contributed by atoms with Gasteiger partial charge >= 0.3 is 17.9 Å². The molecule has 0 amide bonds. The Bertz CT molecular complexity index is 1170. The molecule has 0 aromatic rings. The third kappa shape index (κ3) is 50.1. The Kier molecular flexibility index (Phi) is 50.4. The zero-order valence-corrected chi connectivity index (χ0v) is 42.3. The SMILES string of the molecule is CC/C=C/C=C/C=C/C=C/C=C/CCCC(=O)OCC(COC(=O)CCCCCCCCCCCCCCCCCCCCC)OC(=O)CCCCCCCCCCCCCCCC. The predicted octanol–water partition coefficient (Wildman–Crippen LogP) is 18.0. The van der Waals surface area contributed by atoms with E-state index in [0.29, 0.717) is 19.3 Å². The predicted molar refractivity (Wildman–Crippen MR) is 275 cm³/mol. The largest absolute Gasteiger partial charge is 0.462 e. The topological polar surface area (TPSA) is 78.9 Å². The second-order valence-electron chi connectivity index (χ2n) is 18.2. The van der Waals surface area contributed by atoms with Crippen molar-refractivity contribution in [1.29, 1.82) is 0 Å². The summed E-state index contributed by atoms with van der Waals surface area (Å²) in [6.45, 7) is 6.46. The van der Waals surface area contributed by atoms with Crippen LogP contribution in [-0.2, 0) is 28.6 Å². The summed E-state index contributed by atoms with van der Waals surface area (Å²) in [4.78, 5) is 38.0. The smallest absolute Gasteiger partial charge is 0.306 e. The van der Waals surface area contributed by atoms with Crippen molar-refractivity contribution in [1.82, 2.24) is 0 Å². The molecule has 0 N–H and O–H groups in total. The Hall–Kier alpha value is -2.89. The van der Waals surface area contributed by atoms with Crippen molar-refractivity contribution < 1.29 is 28.6 Å². The number of hydrogen-bond acceptors (Lipinski definition) is 6. The second-order valence-corrected chi connectivity index (χ2v) is 18.2. The minimum absolute atomic E-state index is 0.0928. The van der Waals surface area contributed by atoms with E-state index in [9.17, 15) is 14.4 Å². The van der Waals surface area contributed by atoms with Crippen LogP contribution in [0.4, 0.5) is 0 Å². The van der Waals surface area contributed by atoms with Gasteiger partial charge in [0.15, 0.2) is 6.10 Å². The first-order valence-electron chi connectivity index (χ1n) is 27.4. The van der Waals surface area contributed by atoms with Gasteiger partial charge in [-0.05, 0) is 32.1 Å². The first kappa shape index (κ1) is 61.1. The molecule has 0 radical (unpaired) electrons. The lowest BCUT2D eigenvalue weighted by Crippen LogP contribution is -2.30. The quantitative estimate of drug-likeness (QED) is 0.0262. The lowest BCUT2D eigenvalue weighted by atomic mass is 10.0. The van der Waals surface area contributed by atoms with Crippen LogP contribution in [-0.4, -0.2) is 37.2 Å². The van der Waals surface area contributed by atoms with Gasteiger partial charge in [0.05, 0.1) is 0 Å². The van der Waals surface area contributed by atoms with E-state index >= 15 is 0 Å². The van der Waals surface area contributed by atoms with E-state index in [1.54, 1.807) is 0 Å². The Morgan fingerprint density at radius 3 is 0.953 bits per heavy atom. The Labute approximate surface area is 396 Å². The Morgan fingerprint density at radius 1 is 0.328 bits per heavy atom. The molecule has 6 heteroatoms. The molecule has 1 unspecified atom stereocenters. The fraction of sp³-hybridized carbons (Fsp3) is 0.776. The molecule has 6 nitrogen and oxygen atoms in total. The first-order valence-corrected chi connectivity index (χ1v) is 27.4. The molecular weight excluding hydrogens is 793 g/mol. The fourth-order valence-electron chi connectivity index (χ4n) is 7.83. The summed E-state index contributed by atoms with van der Waals surface area (Å²) >= 11 is 0. The monoisotopic (exact) mass is 895 g/mol. The van der Waals surface area contributed by atoms with E-state index in [4.69, 9.17) is 14.2 Å². The van der Waals surface area contributed by atoms with Gasteiger partial charge in [0.2, 0.25) is 0 Å². The highest BCUT2D eigenvalue weighted by molar-refractivity contribution is 5.71. The number of carbonyl (C=O) groups excluding carboxylic acids is 3. The van der Waals surface area contributed by atoms with Gasteiger partial charge < -0.3 is 14.2 Å². The van der Waals surface area contributed by atoms with Crippen LogP contribution in [0.25, 0.3) is 0 Å². The average molecular weight is 895 g/mol. The summed E-state index contributed by atoms with van der Waals surface area (Å²) in [5.74, 6) is -0.959. The summed E-state index contributed by atoms with van der Waals surface area (Å²) < 4.78 is 16.8. The van der Waals surface area contributed by atoms with Gasteiger partial charge in [-0.2, -0.15) is 0 Å². The highest BCUT2D eigenvalue weighted by atomic mass is 16.6. The average Bonchev–Trinajstić information content (AvgIpc) is 3.29. The summed E-state index contributed by atoms with van der Waals surface area (Å²) in [7, 11) is 0. The van der Waals surface area contributed by atoms with Crippen molar-refractivity contribution in [3.05, 3.63) is 60.8 Å². The Balaban J connectivity index is 4.38. The van der Waals surface area contributed by atoms with Gasteiger partial charge in [0.1, 0.15) is 13.2 Å². The molecule has 0 aromatic heterocycles. The third-order valence-corrected chi connectivity index (χ3v) is 11.9. The highest BCUT2D eigenvalue weighted by Crippen LogP contribution is 2.17. The molecule has 0 fully saturated rings. The summed E-state index contributed by atoms with van der Waals surface area (Å²) in [6, 6.07) is 0. The molecule has 0 spiro atoms. The van der Waals surface area contributed by atoms with Gasteiger partial charge in [0.25, 0.3) is 0 Å². The van der Waals surface area contributed by atoms with E-state index in [0.717, 1.165) is 51.4 Å². The molecule has 0 aliphatic heterocycles. The molecule has 0 aromatic carbocycles. The number of hydrogen-bond donors (Lipinski definition) is 0. The van der Waals surface area contributed by atoms with Gasteiger partial charge in [-0.3, -0.25) is 14.4 Å². The van der Waals surface area contributed by atoms with Crippen LogP contribution < -0.4 is 0 Å². The molecular formula is C58H102O6. The zero-order valence-electron chi connectivity index (χ0n) is 42.3. The van der Waals surface area contributed by atoms with E-state index in [-0.39, 0.29) is 37.5 Å². The van der Waals surface area contributed by atoms with Crippen molar-refractivity contribution in [2.75, 3.05) is 13.2 Å². The molecule has 0 saturated heterocycles. The minimum atomic E-state index is -0.798. The van der Waals surface area contributed by atoms with E-state index in [2.05, 4.69) is 26.8 Å². The normalized spacial score (nSPS) is 12.5. The van der Waals surface area contributed by atoms with Crippen LogP contribution in [0.15, 0.2) is 60.8 Å². The van der Waals surface area contributed by atoms with E-state index in [1.807, 2.05) is 54.7 Å². The van der Waals surface area contributed by atoms with Gasteiger partial charge in [-0.15, -0.1) is 0 Å². The van der Waals surface area contributed by atoms with Crippen molar-refractivity contribution in [2.45, 2.75) is 277 Å². The number of carbonyl (C=O) groups is 3. The van der Waals surface area contributed by atoms with E-state index in [1.165, 1.54) is 173 Å². The molecule has 0 aliphatic carbocycles.